The number of rotatable bonds is 2. The molecule has 39 heavy (non-hydrogen) atoms. The maximum atomic E-state index is 6.55. The summed E-state index contributed by atoms with van der Waals surface area (Å²) < 4.78 is 25.6. The fourth-order valence-corrected chi connectivity index (χ4v) is 5.73. The lowest BCUT2D eigenvalue weighted by molar-refractivity contribution is 0.00578. The first-order valence-corrected chi connectivity index (χ1v) is 13.3. The minimum absolute atomic E-state index is 0.412. The summed E-state index contributed by atoms with van der Waals surface area (Å²) in [7, 11) is -0.448. The third-order valence-corrected chi connectivity index (χ3v) is 8.54. The van der Waals surface area contributed by atoms with E-state index in [1.807, 2.05) is 36.4 Å². The van der Waals surface area contributed by atoms with Gasteiger partial charge >= 0.3 is 7.12 Å². The van der Waals surface area contributed by atoms with Gasteiger partial charge in [-0.2, -0.15) is 0 Å². The third kappa shape index (κ3) is 3.25. The van der Waals surface area contributed by atoms with Gasteiger partial charge in [0, 0.05) is 10.9 Å². The summed E-state index contributed by atoms with van der Waals surface area (Å²) >= 11 is 0. The SMILES string of the molecule is CC1(C)OB(c2ccc3ccc4oc5ccc6nc(-c7cccc8ccccc78)oc6c5c4c3c2)OC1(C)C. The molecule has 1 fully saturated rings. The fourth-order valence-electron chi connectivity index (χ4n) is 5.73. The van der Waals surface area contributed by atoms with Crippen molar-refractivity contribution in [2.75, 3.05) is 0 Å². The molecule has 0 aliphatic carbocycles. The van der Waals surface area contributed by atoms with Crippen LogP contribution in [0, 0.1) is 0 Å². The fraction of sp³-hybridized carbons (Fsp3) is 0.182. The van der Waals surface area contributed by atoms with Crippen molar-refractivity contribution >= 4 is 67.2 Å². The predicted octanol–water partition coefficient (Wildman–Crippen LogP) is 8.00. The van der Waals surface area contributed by atoms with Gasteiger partial charge in [0.2, 0.25) is 5.89 Å². The first-order chi connectivity index (χ1) is 18.8. The summed E-state index contributed by atoms with van der Waals surface area (Å²) in [6, 6.07) is 28.9. The van der Waals surface area contributed by atoms with E-state index in [2.05, 4.69) is 76.2 Å². The van der Waals surface area contributed by atoms with Gasteiger partial charge in [-0.1, -0.05) is 60.7 Å². The van der Waals surface area contributed by atoms with E-state index in [4.69, 9.17) is 23.1 Å². The number of hydrogen-bond acceptors (Lipinski definition) is 5. The molecule has 0 amide bonds. The average Bonchev–Trinajstić information content (AvgIpc) is 3.58. The van der Waals surface area contributed by atoms with Crippen molar-refractivity contribution in [2.45, 2.75) is 38.9 Å². The van der Waals surface area contributed by atoms with Crippen molar-refractivity contribution < 1.29 is 18.1 Å². The Morgan fingerprint density at radius 1 is 0.641 bits per heavy atom. The molecule has 2 aromatic heterocycles. The summed E-state index contributed by atoms with van der Waals surface area (Å²) in [5.74, 6) is 0.599. The Labute approximate surface area is 225 Å². The molecule has 190 valence electrons. The monoisotopic (exact) mass is 511 g/mol. The molecule has 6 heteroatoms. The highest BCUT2D eigenvalue weighted by Gasteiger charge is 2.51. The van der Waals surface area contributed by atoms with Crippen molar-refractivity contribution in [3.05, 3.63) is 84.9 Å². The van der Waals surface area contributed by atoms with Crippen molar-refractivity contribution in [3.63, 3.8) is 0 Å². The Balaban J connectivity index is 1.37. The molecule has 1 saturated heterocycles. The smallest absolute Gasteiger partial charge is 0.456 e. The lowest BCUT2D eigenvalue weighted by Gasteiger charge is -2.32. The third-order valence-electron chi connectivity index (χ3n) is 8.54. The number of furan rings is 1. The molecule has 5 nitrogen and oxygen atoms in total. The molecule has 0 spiro atoms. The van der Waals surface area contributed by atoms with Crippen LogP contribution in [0.25, 0.3) is 66.0 Å². The molecule has 0 N–H and O–H groups in total. The number of aromatic nitrogens is 1. The normalized spacial score (nSPS) is 16.9. The van der Waals surface area contributed by atoms with E-state index >= 15 is 0 Å². The maximum absolute atomic E-state index is 6.55. The highest BCUT2D eigenvalue weighted by atomic mass is 16.7. The number of fused-ring (bicyclic) bond motifs is 8. The van der Waals surface area contributed by atoms with Crippen molar-refractivity contribution in [2.24, 2.45) is 0 Å². The van der Waals surface area contributed by atoms with Gasteiger partial charge in [0.15, 0.2) is 5.58 Å². The molecule has 0 unspecified atom stereocenters. The van der Waals surface area contributed by atoms with Crippen LogP contribution in [0.5, 0.6) is 0 Å². The Morgan fingerprint density at radius 2 is 1.33 bits per heavy atom. The van der Waals surface area contributed by atoms with E-state index in [1.54, 1.807) is 0 Å². The first-order valence-electron chi connectivity index (χ1n) is 13.3. The van der Waals surface area contributed by atoms with Gasteiger partial charge in [-0.3, -0.25) is 0 Å². The average molecular weight is 511 g/mol. The minimum atomic E-state index is -0.448. The van der Waals surface area contributed by atoms with Gasteiger partial charge < -0.3 is 18.1 Å². The highest BCUT2D eigenvalue weighted by Crippen LogP contribution is 2.41. The van der Waals surface area contributed by atoms with Crippen LogP contribution < -0.4 is 5.46 Å². The lowest BCUT2D eigenvalue weighted by Crippen LogP contribution is -2.41. The van der Waals surface area contributed by atoms with E-state index in [-0.39, 0.29) is 0 Å². The van der Waals surface area contributed by atoms with Crippen molar-refractivity contribution in [3.8, 4) is 11.5 Å². The molecular weight excluding hydrogens is 485 g/mol. The Morgan fingerprint density at radius 3 is 2.18 bits per heavy atom. The van der Waals surface area contributed by atoms with Crippen LogP contribution in [0.15, 0.2) is 93.8 Å². The zero-order valence-electron chi connectivity index (χ0n) is 22.2. The van der Waals surface area contributed by atoms with Crippen LogP contribution in [-0.2, 0) is 9.31 Å². The van der Waals surface area contributed by atoms with Gasteiger partial charge in [-0.25, -0.2) is 4.98 Å². The summed E-state index contributed by atoms with van der Waals surface area (Å²) in [4.78, 5) is 4.91. The Bertz CT molecular complexity index is 2080. The van der Waals surface area contributed by atoms with Crippen LogP contribution in [-0.4, -0.2) is 23.3 Å². The molecule has 8 rings (SSSR count). The highest BCUT2D eigenvalue weighted by molar-refractivity contribution is 6.62. The quantitative estimate of drug-likeness (QED) is 0.220. The lowest BCUT2D eigenvalue weighted by atomic mass is 9.78. The van der Waals surface area contributed by atoms with Crippen LogP contribution in [0.1, 0.15) is 27.7 Å². The second-order valence-corrected chi connectivity index (χ2v) is 11.4. The number of benzene rings is 5. The van der Waals surface area contributed by atoms with Crippen molar-refractivity contribution in [1.82, 2.24) is 4.98 Å². The van der Waals surface area contributed by atoms with Gasteiger partial charge in [0.1, 0.15) is 16.7 Å². The van der Waals surface area contributed by atoms with Gasteiger partial charge in [-0.15, -0.1) is 0 Å². The van der Waals surface area contributed by atoms with Crippen molar-refractivity contribution in [1.29, 1.82) is 0 Å². The topological polar surface area (TPSA) is 57.6 Å². The first kappa shape index (κ1) is 22.8. The number of nitrogens with zero attached hydrogens (tertiary/aromatic N) is 1. The largest absolute Gasteiger partial charge is 0.494 e. The molecule has 7 aromatic rings. The zero-order valence-corrected chi connectivity index (χ0v) is 22.2. The van der Waals surface area contributed by atoms with E-state index in [0.29, 0.717) is 5.89 Å². The molecule has 0 radical (unpaired) electrons. The van der Waals surface area contributed by atoms with Gasteiger partial charge in [0.05, 0.1) is 16.6 Å². The molecule has 0 atom stereocenters. The standard InChI is InChI=1S/C33H26BNO4/c1-32(2)33(3,4)39-34(38-32)21-14-12-20-13-16-26-28(24(20)18-21)29-27(36-26)17-15-25-30(29)37-31(35-25)23-11-7-9-19-8-5-6-10-22(19)23/h5-18H,1-4H3. The number of oxazole rings is 1. The summed E-state index contributed by atoms with van der Waals surface area (Å²) in [6.45, 7) is 8.29. The Kier molecular flexibility index (Phi) is 4.52. The number of hydrogen-bond donors (Lipinski definition) is 0. The van der Waals surface area contributed by atoms with E-state index < -0.39 is 18.3 Å². The van der Waals surface area contributed by atoms with E-state index in [0.717, 1.165) is 65.6 Å². The van der Waals surface area contributed by atoms with Crippen LogP contribution in [0.2, 0.25) is 0 Å². The second kappa shape index (κ2) is 7.72. The van der Waals surface area contributed by atoms with Crippen LogP contribution >= 0.6 is 0 Å². The molecule has 3 heterocycles. The molecule has 5 aromatic carbocycles. The second-order valence-electron chi connectivity index (χ2n) is 11.4. The summed E-state index contributed by atoms with van der Waals surface area (Å²) in [5, 5.41) is 6.37. The summed E-state index contributed by atoms with van der Waals surface area (Å²) in [6.07, 6.45) is 0. The summed E-state index contributed by atoms with van der Waals surface area (Å²) in [5.41, 5.74) is 4.22. The predicted molar refractivity (Wildman–Crippen MR) is 157 cm³/mol. The van der Waals surface area contributed by atoms with Gasteiger partial charge in [-0.05, 0) is 79.0 Å². The molecular formula is C33H26BNO4. The van der Waals surface area contributed by atoms with Gasteiger partial charge in [0.25, 0.3) is 0 Å². The molecule has 1 aliphatic rings. The zero-order chi connectivity index (χ0) is 26.5. The molecule has 0 saturated carbocycles. The molecule has 0 bridgehead atoms. The molecule has 1 aliphatic heterocycles. The van der Waals surface area contributed by atoms with E-state index in [1.165, 1.54) is 0 Å². The van der Waals surface area contributed by atoms with Crippen LogP contribution in [0.3, 0.4) is 0 Å². The van der Waals surface area contributed by atoms with E-state index in [9.17, 15) is 0 Å². The Hall–Kier alpha value is -4.13. The van der Waals surface area contributed by atoms with Crippen LogP contribution in [0.4, 0.5) is 0 Å². The minimum Gasteiger partial charge on any atom is -0.456 e. The maximum Gasteiger partial charge on any atom is 0.494 e.